The normalized spacial score (nSPS) is 10.8. The smallest absolute Gasteiger partial charge is 0.339 e. The van der Waals surface area contributed by atoms with Gasteiger partial charge in [0.2, 0.25) is 5.89 Å². The first-order valence-corrected chi connectivity index (χ1v) is 6.62. The highest BCUT2D eigenvalue weighted by Crippen LogP contribution is 2.26. The molecule has 0 bridgehead atoms. The van der Waals surface area contributed by atoms with Gasteiger partial charge in [0.1, 0.15) is 11.1 Å². The largest absolute Gasteiger partial charge is 0.478 e. The number of benzene rings is 2. The van der Waals surface area contributed by atoms with E-state index < -0.39 is 5.97 Å². The molecule has 0 atom stereocenters. The average Bonchev–Trinajstić information content (AvgIpc) is 2.82. The second-order valence-corrected chi connectivity index (χ2v) is 5.23. The lowest BCUT2D eigenvalue weighted by molar-refractivity contribution is 0.0698. The highest BCUT2D eigenvalue weighted by atomic mass is 127. The Bertz CT molecular complexity index is 762. The molecule has 4 nitrogen and oxygen atoms in total. The topological polar surface area (TPSA) is 63.3 Å². The van der Waals surface area contributed by atoms with Crippen molar-refractivity contribution >= 4 is 39.7 Å². The Morgan fingerprint density at radius 1 is 1.16 bits per heavy atom. The number of carbonyl (C=O) groups is 1. The van der Waals surface area contributed by atoms with Gasteiger partial charge in [0.05, 0.1) is 0 Å². The van der Waals surface area contributed by atoms with Crippen molar-refractivity contribution in [2.75, 3.05) is 0 Å². The third kappa shape index (κ3) is 2.21. The minimum Gasteiger partial charge on any atom is -0.478 e. The summed E-state index contributed by atoms with van der Waals surface area (Å²) in [6.07, 6.45) is 0. The van der Waals surface area contributed by atoms with E-state index in [0.29, 0.717) is 17.0 Å². The number of carboxylic acids is 1. The Balaban J connectivity index is 2.19. The van der Waals surface area contributed by atoms with Gasteiger partial charge in [-0.25, -0.2) is 9.78 Å². The first-order chi connectivity index (χ1) is 9.15. The molecule has 0 aliphatic rings. The molecule has 3 aromatic rings. The van der Waals surface area contributed by atoms with Crippen LogP contribution in [0.1, 0.15) is 10.4 Å². The molecule has 5 heteroatoms. The first kappa shape index (κ1) is 12.2. The van der Waals surface area contributed by atoms with Gasteiger partial charge in [0.25, 0.3) is 0 Å². The van der Waals surface area contributed by atoms with E-state index in [0.717, 1.165) is 9.13 Å². The lowest BCUT2D eigenvalue weighted by Crippen LogP contribution is -1.95. The summed E-state index contributed by atoms with van der Waals surface area (Å²) >= 11 is 2.22. The molecule has 0 aliphatic heterocycles. The maximum absolute atomic E-state index is 11.1. The van der Waals surface area contributed by atoms with Crippen LogP contribution in [0, 0.1) is 3.57 Å². The van der Waals surface area contributed by atoms with Crippen molar-refractivity contribution in [3.8, 4) is 11.5 Å². The highest BCUT2D eigenvalue weighted by molar-refractivity contribution is 14.1. The molecule has 0 spiro atoms. The highest BCUT2D eigenvalue weighted by Gasteiger charge is 2.15. The van der Waals surface area contributed by atoms with E-state index in [9.17, 15) is 4.79 Å². The summed E-state index contributed by atoms with van der Waals surface area (Å²) in [7, 11) is 0. The molecule has 94 valence electrons. The zero-order valence-corrected chi connectivity index (χ0v) is 11.8. The monoisotopic (exact) mass is 365 g/mol. The molecule has 2 aromatic carbocycles. The van der Waals surface area contributed by atoms with Crippen LogP contribution in [0.2, 0.25) is 0 Å². The lowest BCUT2D eigenvalue weighted by atomic mass is 10.2. The van der Waals surface area contributed by atoms with E-state index >= 15 is 0 Å². The fourth-order valence-electron chi connectivity index (χ4n) is 1.83. The van der Waals surface area contributed by atoms with Crippen LogP contribution in [-0.4, -0.2) is 16.1 Å². The van der Waals surface area contributed by atoms with Gasteiger partial charge in [0.15, 0.2) is 5.58 Å². The Hall–Kier alpha value is -1.89. The van der Waals surface area contributed by atoms with Crippen LogP contribution < -0.4 is 0 Å². The lowest BCUT2D eigenvalue weighted by Gasteiger charge is -1.95. The molecule has 0 saturated carbocycles. The zero-order valence-electron chi connectivity index (χ0n) is 9.63. The van der Waals surface area contributed by atoms with E-state index in [1.807, 2.05) is 24.3 Å². The van der Waals surface area contributed by atoms with Crippen molar-refractivity contribution in [3.63, 3.8) is 0 Å². The van der Waals surface area contributed by atoms with Gasteiger partial charge in [0, 0.05) is 9.13 Å². The van der Waals surface area contributed by atoms with Gasteiger partial charge in [-0.15, -0.1) is 0 Å². The number of nitrogens with zero attached hydrogens (tertiary/aromatic N) is 1. The zero-order chi connectivity index (χ0) is 13.4. The maximum Gasteiger partial charge on any atom is 0.339 e. The van der Waals surface area contributed by atoms with Gasteiger partial charge in [-0.2, -0.15) is 0 Å². The Morgan fingerprint density at radius 3 is 2.58 bits per heavy atom. The summed E-state index contributed by atoms with van der Waals surface area (Å²) in [6, 6.07) is 12.6. The van der Waals surface area contributed by atoms with E-state index in [2.05, 4.69) is 27.6 Å². The second-order valence-electron chi connectivity index (χ2n) is 3.98. The van der Waals surface area contributed by atoms with Gasteiger partial charge < -0.3 is 9.52 Å². The molecule has 1 heterocycles. The van der Waals surface area contributed by atoms with Gasteiger partial charge in [-0.05, 0) is 59.0 Å². The van der Waals surface area contributed by atoms with Crippen molar-refractivity contribution in [2.24, 2.45) is 0 Å². The SMILES string of the molecule is O=C(O)c1cccc2nc(-c3ccc(I)cc3)oc12. The summed E-state index contributed by atoms with van der Waals surface area (Å²) in [5.41, 5.74) is 1.81. The summed E-state index contributed by atoms with van der Waals surface area (Å²) < 4.78 is 6.71. The molecule has 0 saturated heterocycles. The van der Waals surface area contributed by atoms with Gasteiger partial charge in [-0.3, -0.25) is 0 Å². The van der Waals surface area contributed by atoms with E-state index in [1.165, 1.54) is 6.07 Å². The molecule has 0 fully saturated rings. The third-order valence-corrected chi connectivity index (χ3v) is 3.46. The number of hydrogen-bond acceptors (Lipinski definition) is 3. The van der Waals surface area contributed by atoms with Crippen LogP contribution in [0.4, 0.5) is 0 Å². The number of aromatic carboxylic acids is 1. The first-order valence-electron chi connectivity index (χ1n) is 5.54. The molecule has 0 amide bonds. The average molecular weight is 365 g/mol. The number of carboxylic acid groups (broad SMARTS) is 1. The van der Waals surface area contributed by atoms with E-state index in [4.69, 9.17) is 9.52 Å². The van der Waals surface area contributed by atoms with Crippen LogP contribution in [0.15, 0.2) is 46.9 Å². The number of fused-ring (bicyclic) bond motifs is 1. The Labute approximate surface area is 122 Å². The number of halogens is 1. The van der Waals surface area contributed by atoms with Crippen molar-refractivity contribution in [1.29, 1.82) is 0 Å². The number of aromatic nitrogens is 1. The van der Waals surface area contributed by atoms with Crippen LogP contribution >= 0.6 is 22.6 Å². The molecule has 1 aromatic heterocycles. The Kier molecular flexibility index (Phi) is 2.98. The van der Waals surface area contributed by atoms with Crippen molar-refractivity contribution < 1.29 is 14.3 Å². The minimum atomic E-state index is -1.02. The molecular formula is C14H8INO3. The van der Waals surface area contributed by atoms with Crippen LogP contribution in [0.3, 0.4) is 0 Å². The minimum absolute atomic E-state index is 0.127. The predicted molar refractivity (Wildman–Crippen MR) is 79.1 cm³/mol. The fourth-order valence-corrected chi connectivity index (χ4v) is 2.19. The molecule has 0 radical (unpaired) electrons. The summed E-state index contributed by atoms with van der Waals surface area (Å²) in [5.74, 6) is -0.587. The molecule has 3 rings (SSSR count). The molecule has 1 N–H and O–H groups in total. The van der Waals surface area contributed by atoms with E-state index in [-0.39, 0.29) is 5.56 Å². The summed E-state index contributed by atoms with van der Waals surface area (Å²) in [5, 5.41) is 9.11. The Morgan fingerprint density at radius 2 is 1.89 bits per heavy atom. The van der Waals surface area contributed by atoms with Crippen LogP contribution in [0.25, 0.3) is 22.6 Å². The quantitative estimate of drug-likeness (QED) is 0.702. The number of para-hydroxylation sites is 1. The number of hydrogen-bond donors (Lipinski definition) is 1. The fraction of sp³-hybridized carbons (Fsp3) is 0. The molecule has 19 heavy (non-hydrogen) atoms. The molecule has 0 unspecified atom stereocenters. The van der Waals surface area contributed by atoms with Crippen LogP contribution in [-0.2, 0) is 0 Å². The van der Waals surface area contributed by atoms with Crippen molar-refractivity contribution in [1.82, 2.24) is 4.98 Å². The molecular weight excluding hydrogens is 357 g/mol. The second kappa shape index (κ2) is 4.65. The number of oxazole rings is 1. The van der Waals surface area contributed by atoms with E-state index in [1.54, 1.807) is 12.1 Å². The van der Waals surface area contributed by atoms with Gasteiger partial charge in [-0.1, -0.05) is 6.07 Å². The van der Waals surface area contributed by atoms with Crippen molar-refractivity contribution in [3.05, 3.63) is 51.6 Å². The number of rotatable bonds is 2. The molecule has 0 aliphatic carbocycles. The van der Waals surface area contributed by atoms with Crippen LogP contribution in [0.5, 0.6) is 0 Å². The maximum atomic E-state index is 11.1. The van der Waals surface area contributed by atoms with Gasteiger partial charge >= 0.3 is 5.97 Å². The predicted octanol–water partition coefficient (Wildman–Crippen LogP) is 3.80. The third-order valence-electron chi connectivity index (χ3n) is 2.74. The van der Waals surface area contributed by atoms with Crippen molar-refractivity contribution in [2.45, 2.75) is 0 Å². The summed E-state index contributed by atoms with van der Waals surface area (Å²) in [4.78, 5) is 15.4. The standard InChI is InChI=1S/C14H8INO3/c15-9-6-4-8(5-7-9)13-16-11-3-1-2-10(14(17)18)12(11)19-13/h1-7H,(H,17,18). The summed E-state index contributed by atoms with van der Waals surface area (Å²) in [6.45, 7) is 0.